The van der Waals surface area contributed by atoms with Crippen LogP contribution in [0.15, 0.2) is 47.6 Å². The molecule has 1 aromatic carbocycles. The molecular weight excluding hydrogens is 353 g/mol. The molecule has 0 aliphatic heterocycles. The third-order valence-electron chi connectivity index (χ3n) is 3.65. The molecule has 2 aromatic rings. The van der Waals surface area contributed by atoms with E-state index in [0.29, 0.717) is 27.9 Å². The van der Waals surface area contributed by atoms with E-state index in [9.17, 15) is 8.42 Å². The third-order valence-corrected chi connectivity index (χ3v) is 6.35. The summed E-state index contributed by atoms with van der Waals surface area (Å²) >= 11 is 12.2. The summed E-state index contributed by atoms with van der Waals surface area (Å²) in [6, 6.07) is 8.14. The number of rotatable bonds is 6. The van der Waals surface area contributed by atoms with Gasteiger partial charge in [0.2, 0.25) is 0 Å². The summed E-state index contributed by atoms with van der Waals surface area (Å²) in [5.41, 5.74) is 0.584. The summed E-state index contributed by atoms with van der Waals surface area (Å²) < 4.78 is 26.1. The van der Waals surface area contributed by atoms with Crippen LogP contribution in [0, 0.1) is 5.92 Å². The van der Waals surface area contributed by atoms with Gasteiger partial charge in [0.1, 0.15) is 0 Å². The average molecular weight is 372 g/mol. The Hall–Kier alpha value is -1.10. The zero-order valence-corrected chi connectivity index (χ0v) is 15.4. The predicted octanol–water partition coefficient (Wildman–Crippen LogP) is 5.34. The largest absolute Gasteiger partial charge is 0.263 e. The van der Waals surface area contributed by atoms with E-state index in [-0.39, 0.29) is 4.90 Å². The number of halogens is 2. The van der Waals surface area contributed by atoms with E-state index in [0.717, 1.165) is 6.42 Å². The first kappa shape index (κ1) is 18.2. The summed E-state index contributed by atoms with van der Waals surface area (Å²) in [5.74, 6) is 0.396. The summed E-state index contributed by atoms with van der Waals surface area (Å²) in [7, 11) is -3.58. The Morgan fingerprint density at radius 3 is 2.43 bits per heavy atom. The lowest BCUT2D eigenvalue weighted by atomic mass is 10.0. The second kappa shape index (κ2) is 7.65. The lowest BCUT2D eigenvalue weighted by Gasteiger charge is -2.20. The van der Waals surface area contributed by atoms with Crippen molar-refractivity contribution in [3.63, 3.8) is 0 Å². The first-order valence-electron chi connectivity index (χ1n) is 7.41. The van der Waals surface area contributed by atoms with Crippen molar-refractivity contribution in [1.82, 2.24) is 4.98 Å². The number of aromatic nitrogens is 1. The summed E-state index contributed by atoms with van der Waals surface area (Å²) in [5, 5.41) is 0.151. The molecule has 1 atom stereocenters. The van der Waals surface area contributed by atoms with E-state index in [1.54, 1.807) is 36.5 Å². The number of benzene rings is 1. The van der Waals surface area contributed by atoms with Crippen LogP contribution in [0.25, 0.3) is 0 Å². The second-order valence-corrected chi connectivity index (χ2v) is 8.83. The van der Waals surface area contributed by atoms with Crippen LogP contribution in [0.3, 0.4) is 0 Å². The standard InChI is InChI=1S/C17H19Cl2NO2S/c1-12(2)5-8-17(15-7-6-13(18)10-16(15)19)23(21,22)14-4-3-9-20-11-14/h3-4,6-7,9-12,17H,5,8H2,1-2H3. The van der Waals surface area contributed by atoms with Crippen molar-refractivity contribution >= 4 is 33.0 Å². The highest BCUT2D eigenvalue weighted by Gasteiger charge is 2.30. The Kier molecular flexibility index (Phi) is 6.06. The van der Waals surface area contributed by atoms with E-state index in [1.807, 2.05) is 0 Å². The smallest absolute Gasteiger partial charge is 0.186 e. The van der Waals surface area contributed by atoms with Gasteiger partial charge in [-0.3, -0.25) is 4.98 Å². The molecule has 0 bridgehead atoms. The van der Waals surface area contributed by atoms with E-state index in [1.165, 1.54) is 6.20 Å². The van der Waals surface area contributed by atoms with Gasteiger partial charge in [0, 0.05) is 22.4 Å². The minimum Gasteiger partial charge on any atom is -0.263 e. The molecule has 23 heavy (non-hydrogen) atoms. The van der Waals surface area contributed by atoms with Crippen molar-refractivity contribution < 1.29 is 8.42 Å². The molecule has 0 fully saturated rings. The van der Waals surface area contributed by atoms with E-state index >= 15 is 0 Å². The lowest BCUT2D eigenvalue weighted by Crippen LogP contribution is -2.15. The predicted molar refractivity (Wildman–Crippen MR) is 94.7 cm³/mol. The molecule has 0 aliphatic rings. The molecule has 0 amide bonds. The lowest BCUT2D eigenvalue weighted by molar-refractivity contribution is 0.525. The fourth-order valence-corrected chi connectivity index (χ4v) is 4.80. The maximum absolute atomic E-state index is 13.1. The molecule has 0 saturated heterocycles. The quantitative estimate of drug-likeness (QED) is 0.688. The van der Waals surface area contributed by atoms with E-state index in [2.05, 4.69) is 18.8 Å². The summed E-state index contributed by atoms with van der Waals surface area (Å²) in [4.78, 5) is 4.13. The molecule has 1 unspecified atom stereocenters. The molecule has 3 nitrogen and oxygen atoms in total. The first-order valence-corrected chi connectivity index (χ1v) is 9.71. The Labute approximate surface area is 147 Å². The Morgan fingerprint density at radius 2 is 1.87 bits per heavy atom. The fourth-order valence-electron chi connectivity index (χ4n) is 2.40. The van der Waals surface area contributed by atoms with Crippen molar-refractivity contribution in [2.75, 3.05) is 0 Å². The van der Waals surface area contributed by atoms with Crippen molar-refractivity contribution in [2.45, 2.75) is 36.8 Å². The van der Waals surface area contributed by atoms with Crippen LogP contribution < -0.4 is 0 Å². The van der Waals surface area contributed by atoms with Crippen molar-refractivity contribution in [2.24, 2.45) is 5.92 Å². The maximum atomic E-state index is 13.1. The zero-order valence-electron chi connectivity index (χ0n) is 13.0. The van der Waals surface area contributed by atoms with Crippen LogP contribution in [0.1, 0.15) is 37.5 Å². The second-order valence-electron chi connectivity index (χ2n) is 5.86. The normalized spacial score (nSPS) is 13.3. The SMILES string of the molecule is CC(C)CCC(c1ccc(Cl)cc1Cl)S(=O)(=O)c1cccnc1. The van der Waals surface area contributed by atoms with Gasteiger partial charge in [0.05, 0.1) is 10.1 Å². The summed E-state index contributed by atoms with van der Waals surface area (Å²) in [6.45, 7) is 4.13. The highest BCUT2D eigenvalue weighted by atomic mass is 35.5. The molecule has 0 saturated carbocycles. The van der Waals surface area contributed by atoms with Crippen LogP contribution in [0.4, 0.5) is 0 Å². The van der Waals surface area contributed by atoms with Crippen molar-refractivity contribution in [1.29, 1.82) is 0 Å². The molecule has 0 aliphatic carbocycles. The number of hydrogen-bond acceptors (Lipinski definition) is 3. The molecule has 6 heteroatoms. The third kappa shape index (κ3) is 4.46. The Morgan fingerprint density at radius 1 is 1.13 bits per heavy atom. The highest BCUT2D eigenvalue weighted by molar-refractivity contribution is 7.91. The van der Waals surface area contributed by atoms with Crippen molar-refractivity contribution in [3.05, 3.63) is 58.3 Å². The molecule has 0 radical (unpaired) electrons. The van der Waals surface area contributed by atoms with Crippen LogP contribution in [-0.2, 0) is 9.84 Å². The zero-order chi connectivity index (χ0) is 17.0. The van der Waals surface area contributed by atoms with Gasteiger partial charge in [-0.2, -0.15) is 0 Å². The molecular formula is C17H19Cl2NO2S. The number of sulfone groups is 1. The molecule has 1 heterocycles. The molecule has 124 valence electrons. The van der Waals surface area contributed by atoms with Crippen LogP contribution in [0.2, 0.25) is 10.0 Å². The number of hydrogen-bond donors (Lipinski definition) is 0. The van der Waals surface area contributed by atoms with Crippen molar-refractivity contribution in [3.8, 4) is 0 Å². The van der Waals surface area contributed by atoms with Gasteiger partial charge in [-0.15, -0.1) is 0 Å². The molecule has 0 N–H and O–H groups in total. The van der Waals surface area contributed by atoms with Gasteiger partial charge < -0.3 is 0 Å². The van der Waals surface area contributed by atoms with Crippen LogP contribution in [-0.4, -0.2) is 13.4 Å². The highest BCUT2D eigenvalue weighted by Crippen LogP contribution is 2.38. The monoisotopic (exact) mass is 371 g/mol. The van der Waals surface area contributed by atoms with Crippen LogP contribution in [0.5, 0.6) is 0 Å². The van der Waals surface area contributed by atoms with Gasteiger partial charge in [-0.25, -0.2) is 8.42 Å². The number of nitrogens with zero attached hydrogens (tertiary/aromatic N) is 1. The minimum atomic E-state index is -3.58. The Bertz CT molecular complexity index is 761. The minimum absolute atomic E-state index is 0.208. The molecule has 1 aromatic heterocycles. The number of pyridine rings is 1. The topological polar surface area (TPSA) is 47.0 Å². The first-order chi connectivity index (χ1) is 10.8. The summed E-state index contributed by atoms with van der Waals surface area (Å²) in [6.07, 6.45) is 4.21. The van der Waals surface area contributed by atoms with Gasteiger partial charge in [0.15, 0.2) is 9.84 Å². The average Bonchev–Trinajstić information content (AvgIpc) is 2.49. The van der Waals surface area contributed by atoms with Gasteiger partial charge >= 0.3 is 0 Å². The van der Waals surface area contributed by atoms with E-state index < -0.39 is 15.1 Å². The van der Waals surface area contributed by atoms with Gasteiger partial charge in [-0.1, -0.05) is 43.1 Å². The van der Waals surface area contributed by atoms with Gasteiger partial charge in [-0.05, 0) is 48.6 Å². The van der Waals surface area contributed by atoms with Gasteiger partial charge in [0.25, 0.3) is 0 Å². The molecule has 0 spiro atoms. The van der Waals surface area contributed by atoms with Crippen LogP contribution >= 0.6 is 23.2 Å². The fraction of sp³-hybridized carbons (Fsp3) is 0.353. The van der Waals surface area contributed by atoms with E-state index in [4.69, 9.17) is 23.2 Å². The molecule has 2 rings (SSSR count). The maximum Gasteiger partial charge on any atom is 0.186 e. The Balaban J connectivity index is 2.50.